The fourth-order valence-corrected chi connectivity index (χ4v) is 2.26. The molecule has 5 nitrogen and oxygen atoms in total. The molecule has 1 aliphatic carbocycles. The van der Waals surface area contributed by atoms with Gasteiger partial charge in [-0.15, -0.1) is 0 Å². The lowest BCUT2D eigenvalue weighted by Crippen LogP contribution is -2.26. The number of aromatic nitrogens is 1. The Morgan fingerprint density at radius 1 is 1.60 bits per heavy atom. The predicted molar refractivity (Wildman–Crippen MR) is 70.9 cm³/mol. The maximum Gasteiger partial charge on any atom is 0.273 e. The summed E-state index contributed by atoms with van der Waals surface area (Å²) in [6.07, 6.45) is 4.10. The van der Waals surface area contributed by atoms with Crippen molar-refractivity contribution >= 4 is 5.91 Å². The zero-order valence-electron chi connectivity index (χ0n) is 11.0. The molecule has 2 N–H and O–H groups in total. The third-order valence-electron chi connectivity index (χ3n) is 3.57. The van der Waals surface area contributed by atoms with Gasteiger partial charge in [-0.2, -0.15) is 0 Å². The summed E-state index contributed by atoms with van der Waals surface area (Å²) in [5.41, 5.74) is 7.11. The Morgan fingerprint density at radius 2 is 2.40 bits per heavy atom. The molecule has 1 aliphatic heterocycles. The van der Waals surface area contributed by atoms with Crippen LogP contribution in [0.5, 0.6) is 5.75 Å². The summed E-state index contributed by atoms with van der Waals surface area (Å²) in [4.78, 5) is 18.1. The van der Waals surface area contributed by atoms with Crippen molar-refractivity contribution in [3.05, 3.63) is 35.4 Å². The van der Waals surface area contributed by atoms with E-state index in [4.69, 9.17) is 10.5 Å². The molecular formula is C14H16FN3O2. The van der Waals surface area contributed by atoms with Crippen molar-refractivity contribution in [2.75, 3.05) is 13.2 Å². The van der Waals surface area contributed by atoms with Crippen molar-refractivity contribution in [1.29, 1.82) is 0 Å². The van der Waals surface area contributed by atoms with Crippen LogP contribution in [0.25, 0.3) is 0 Å². The average Bonchev–Trinajstić information content (AvgIpc) is 3.25. The molecule has 1 aromatic heterocycles. The monoisotopic (exact) mass is 277 g/mol. The molecule has 2 heterocycles. The van der Waals surface area contributed by atoms with Crippen LogP contribution in [0.2, 0.25) is 0 Å². The van der Waals surface area contributed by atoms with Gasteiger partial charge >= 0.3 is 0 Å². The van der Waals surface area contributed by atoms with E-state index < -0.39 is 0 Å². The molecule has 0 saturated heterocycles. The molecule has 0 bridgehead atoms. The molecule has 2 aliphatic rings. The van der Waals surface area contributed by atoms with Crippen LogP contribution in [-0.2, 0) is 6.54 Å². The van der Waals surface area contributed by atoms with Gasteiger partial charge in [0.1, 0.15) is 18.1 Å². The smallest absolute Gasteiger partial charge is 0.273 e. The lowest BCUT2D eigenvalue weighted by Gasteiger charge is -2.12. The van der Waals surface area contributed by atoms with Gasteiger partial charge in [-0.1, -0.05) is 0 Å². The van der Waals surface area contributed by atoms with E-state index in [1.54, 1.807) is 6.07 Å². The SMILES string of the molecule is NC/C(=C/F)COc1cnc2c(c1)CN(C1CC1)C2=O. The van der Waals surface area contributed by atoms with E-state index in [1.807, 2.05) is 4.90 Å². The number of nitrogens with zero attached hydrogens (tertiary/aromatic N) is 2. The molecule has 1 aromatic rings. The summed E-state index contributed by atoms with van der Waals surface area (Å²) in [5.74, 6) is 0.530. The highest BCUT2D eigenvalue weighted by molar-refractivity contribution is 5.96. The van der Waals surface area contributed by atoms with Gasteiger partial charge in [0, 0.05) is 30.3 Å². The van der Waals surface area contributed by atoms with E-state index in [9.17, 15) is 9.18 Å². The highest BCUT2D eigenvalue weighted by Gasteiger charge is 2.39. The maximum absolute atomic E-state index is 12.4. The summed E-state index contributed by atoms with van der Waals surface area (Å²) in [5, 5.41) is 0. The second kappa shape index (κ2) is 5.20. The first-order valence-electron chi connectivity index (χ1n) is 6.64. The normalized spacial score (nSPS) is 18.4. The predicted octanol–water partition coefficient (Wildman–Crippen LogP) is 1.39. The molecule has 0 atom stereocenters. The first-order valence-corrected chi connectivity index (χ1v) is 6.64. The van der Waals surface area contributed by atoms with Gasteiger partial charge in [0.2, 0.25) is 0 Å². The number of fused-ring (bicyclic) bond motifs is 1. The van der Waals surface area contributed by atoms with Gasteiger partial charge in [0.15, 0.2) is 0 Å². The minimum Gasteiger partial charge on any atom is -0.487 e. The van der Waals surface area contributed by atoms with E-state index in [2.05, 4.69) is 4.98 Å². The molecule has 3 rings (SSSR count). The third-order valence-corrected chi connectivity index (χ3v) is 3.57. The average molecular weight is 277 g/mol. The molecule has 20 heavy (non-hydrogen) atoms. The lowest BCUT2D eigenvalue weighted by atomic mass is 10.2. The van der Waals surface area contributed by atoms with Crippen LogP contribution in [0.1, 0.15) is 28.9 Å². The zero-order valence-corrected chi connectivity index (χ0v) is 11.0. The Morgan fingerprint density at radius 3 is 3.05 bits per heavy atom. The maximum atomic E-state index is 12.4. The van der Waals surface area contributed by atoms with Crippen molar-refractivity contribution in [3.63, 3.8) is 0 Å². The van der Waals surface area contributed by atoms with Crippen LogP contribution >= 0.6 is 0 Å². The van der Waals surface area contributed by atoms with Crippen LogP contribution in [0.4, 0.5) is 4.39 Å². The molecule has 1 saturated carbocycles. The fraction of sp³-hybridized carbons (Fsp3) is 0.429. The van der Waals surface area contributed by atoms with Gasteiger partial charge in [-0.3, -0.25) is 4.79 Å². The largest absolute Gasteiger partial charge is 0.487 e. The van der Waals surface area contributed by atoms with E-state index >= 15 is 0 Å². The van der Waals surface area contributed by atoms with Crippen LogP contribution in [0.3, 0.4) is 0 Å². The number of halogens is 1. The molecule has 0 radical (unpaired) electrons. The van der Waals surface area contributed by atoms with Crippen molar-refractivity contribution in [3.8, 4) is 5.75 Å². The van der Waals surface area contributed by atoms with E-state index in [-0.39, 0.29) is 19.1 Å². The molecule has 0 aromatic carbocycles. The number of carbonyl (C=O) groups excluding carboxylic acids is 1. The first-order chi connectivity index (χ1) is 9.72. The number of ether oxygens (including phenoxy) is 1. The number of pyridine rings is 1. The molecular weight excluding hydrogens is 261 g/mol. The zero-order chi connectivity index (χ0) is 14.1. The number of nitrogens with two attached hydrogens (primary N) is 1. The van der Waals surface area contributed by atoms with Gasteiger partial charge in [0.25, 0.3) is 5.91 Å². The van der Waals surface area contributed by atoms with E-state index in [1.165, 1.54) is 6.20 Å². The van der Waals surface area contributed by atoms with E-state index in [0.717, 1.165) is 18.4 Å². The van der Waals surface area contributed by atoms with Gasteiger partial charge in [-0.05, 0) is 18.9 Å². The summed E-state index contributed by atoms with van der Waals surface area (Å²) in [7, 11) is 0. The van der Waals surface area contributed by atoms with Crippen molar-refractivity contribution in [2.45, 2.75) is 25.4 Å². The lowest BCUT2D eigenvalue weighted by molar-refractivity contribution is 0.0762. The fourth-order valence-electron chi connectivity index (χ4n) is 2.26. The van der Waals surface area contributed by atoms with Crippen molar-refractivity contribution < 1.29 is 13.9 Å². The topological polar surface area (TPSA) is 68.5 Å². The number of amides is 1. The highest BCUT2D eigenvalue weighted by Crippen LogP contribution is 2.34. The van der Waals surface area contributed by atoms with Gasteiger partial charge in [-0.25, -0.2) is 9.37 Å². The summed E-state index contributed by atoms with van der Waals surface area (Å²) in [6, 6.07) is 2.18. The molecule has 1 fully saturated rings. The minimum absolute atomic E-state index is 0.000325. The Balaban J connectivity index is 1.71. The molecule has 6 heteroatoms. The Labute approximate surface area is 116 Å². The summed E-state index contributed by atoms with van der Waals surface area (Å²) >= 11 is 0. The van der Waals surface area contributed by atoms with Gasteiger partial charge < -0.3 is 15.4 Å². The van der Waals surface area contributed by atoms with Crippen LogP contribution < -0.4 is 10.5 Å². The Hall–Kier alpha value is -1.95. The Bertz CT molecular complexity index is 570. The Kier molecular flexibility index (Phi) is 3.40. The molecule has 0 unspecified atom stereocenters. The van der Waals surface area contributed by atoms with Crippen LogP contribution in [0, 0.1) is 0 Å². The number of hydrogen-bond acceptors (Lipinski definition) is 4. The highest BCUT2D eigenvalue weighted by atomic mass is 19.1. The van der Waals surface area contributed by atoms with Crippen molar-refractivity contribution in [1.82, 2.24) is 9.88 Å². The van der Waals surface area contributed by atoms with Gasteiger partial charge in [0.05, 0.1) is 12.5 Å². The molecule has 106 valence electrons. The molecule has 1 amide bonds. The third kappa shape index (κ3) is 2.38. The number of rotatable bonds is 5. The summed E-state index contributed by atoms with van der Waals surface area (Å²) in [6.45, 7) is 0.794. The quantitative estimate of drug-likeness (QED) is 0.883. The number of hydrogen-bond donors (Lipinski definition) is 1. The first kappa shape index (κ1) is 13.1. The second-order valence-corrected chi connectivity index (χ2v) is 5.10. The van der Waals surface area contributed by atoms with Crippen molar-refractivity contribution in [2.24, 2.45) is 5.73 Å². The van der Waals surface area contributed by atoms with Crippen LogP contribution in [0.15, 0.2) is 24.2 Å². The van der Waals surface area contributed by atoms with Crippen LogP contribution in [-0.4, -0.2) is 35.0 Å². The molecule has 0 spiro atoms. The number of carbonyl (C=O) groups is 1. The van der Waals surface area contributed by atoms with E-state index in [0.29, 0.717) is 35.9 Å². The standard InChI is InChI=1S/C14H16FN3O2/c15-4-9(5-16)8-20-12-3-10-7-18(11-1-2-11)14(19)13(10)17-6-12/h3-4,6,11H,1-2,5,7-8,16H2/b9-4-. The second-order valence-electron chi connectivity index (χ2n) is 5.10. The summed E-state index contributed by atoms with van der Waals surface area (Å²) < 4.78 is 17.8. The minimum atomic E-state index is 0.000325.